The van der Waals surface area contributed by atoms with Crippen LogP contribution in [0.5, 0.6) is 0 Å². The van der Waals surface area contributed by atoms with Gasteiger partial charge in [0.1, 0.15) is 11.4 Å². The highest BCUT2D eigenvalue weighted by Crippen LogP contribution is 2.47. The van der Waals surface area contributed by atoms with Crippen molar-refractivity contribution >= 4 is 10.8 Å². The van der Waals surface area contributed by atoms with Crippen LogP contribution in [-0.2, 0) is 0 Å². The van der Waals surface area contributed by atoms with Gasteiger partial charge in [-0.25, -0.2) is 0 Å². The first kappa shape index (κ1) is 20.0. The van der Waals surface area contributed by atoms with E-state index in [0.717, 1.165) is 0 Å². The van der Waals surface area contributed by atoms with Gasteiger partial charge in [-0.05, 0) is 81.3 Å². The topological polar surface area (TPSA) is 8.81 Å². The van der Waals surface area contributed by atoms with Crippen LogP contribution >= 0.6 is 0 Å². The molecule has 0 spiro atoms. The molecular weight excluding hydrogens is 400 g/mol. The van der Waals surface area contributed by atoms with Crippen molar-refractivity contribution in [3.05, 3.63) is 100 Å². The largest absolute Gasteiger partial charge is 0.255 e. The van der Waals surface area contributed by atoms with E-state index in [9.17, 15) is 0 Å². The van der Waals surface area contributed by atoms with Crippen LogP contribution in [0.1, 0.15) is 33.4 Å². The Bertz CT molecular complexity index is 1450. The molecule has 2 nitrogen and oxygen atoms in total. The van der Waals surface area contributed by atoms with E-state index < -0.39 is 0 Å². The number of rotatable bonds is 2. The third-order valence-corrected chi connectivity index (χ3v) is 7.10. The predicted octanol–water partition coefficient (Wildman–Crippen LogP) is 7.41. The van der Waals surface area contributed by atoms with Crippen molar-refractivity contribution in [1.82, 2.24) is 4.57 Å². The minimum atomic E-state index is 1.28. The molecule has 0 fully saturated rings. The Morgan fingerprint density at radius 3 is 1.79 bits per heavy atom. The molecule has 2 heteroatoms. The summed E-state index contributed by atoms with van der Waals surface area (Å²) in [5, 5.41) is 2.66. The number of aromatic nitrogens is 2. The van der Waals surface area contributed by atoms with Crippen molar-refractivity contribution in [3.63, 3.8) is 0 Å². The molecule has 1 aliphatic carbocycles. The Labute approximate surface area is 195 Å². The lowest BCUT2D eigenvalue weighted by molar-refractivity contribution is -0.584. The first-order chi connectivity index (χ1) is 15.8. The number of nitrogens with zero attached hydrogens (tertiary/aromatic N) is 2. The van der Waals surface area contributed by atoms with Crippen molar-refractivity contribution in [1.29, 1.82) is 0 Å². The molecule has 4 aromatic carbocycles. The fourth-order valence-electron chi connectivity index (χ4n) is 6.15. The normalized spacial score (nSPS) is 11.9. The van der Waals surface area contributed by atoms with Gasteiger partial charge in [0, 0.05) is 16.5 Å². The molecule has 0 bridgehead atoms. The summed E-state index contributed by atoms with van der Waals surface area (Å²) >= 11 is 0. The van der Waals surface area contributed by atoms with Crippen LogP contribution in [-0.4, -0.2) is 4.57 Å². The minimum absolute atomic E-state index is 1.28. The van der Waals surface area contributed by atoms with Gasteiger partial charge in [-0.15, -0.1) is 0 Å². The van der Waals surface area contributed by atoms with Gasteiger partial charge in [0.25, 0.3) is 6.33 Å². The summed E-state index contributed by atoms with van der Waals surface area (Å²) in [4.78, 5) is 0. The van der Waals surface area contributed by atoms with Gasteiger partial charge in [0.05, 0.1) is 0 Å². The Morgan fingerprint density at radius 1 is 0.636 bits per heavy atom. The smallest absolute Gasteiger partial charge is 0.193 e. The van der Waals surface area contributed by atoms with Gasteiger partial charge < -0.3 is 0 Å². The molecule has 6 rings (SSSR count). The number of fused-ring (bicyclic) bond motifs is 3. The molecule has 0 unspecified atom stereocenters. The maximum Gasteiger partial charge on any atom is 0.255 e. The molecular formula is C31H29N2+. The Balaban J connectivity index is 1.79. The Morgan fingerprint density at radius 2 is 1.18 bits per heavy atom. The van der Waals surface area contributed by atoms with Gasteiger partial charge in [-0.3, -0.25) is 0 Å². The molecule has 0 saturated heterocycles. The molecule has 33 heavy (non-hydrogen) atoms. The van der Waals surface area contributed by atoms with Crippen LogP contribution in [0.4, 0.5) is 0 Å². The zero-order chi connectivity index (χ0) is 23.0. The average Bonchev–Trinajstić information content (AvgIpc) is 3.26. The van der Waals surface area contributed by atoms with Crippen LogP contribution in [0.25, 0.3) is 44.7 Å². The summed E-state index contributed by atoms with van der Waals surface area (Å²) < 4.78 is 4.87. The van der Waals surface area contributed by atoms with E-state index >= 15 is 0 Å². The van der Waals surface area contributed by atoms with E-state index in [0.29, 0.717) is 0 Å². The Kier molecular flexibility index (Phi) is 4.19. The fraction of sp³-hybridized carbons (Fsp3) is 0.194. The van der Waals surface area contributed by atoms with Crippen molar-refractivity contribution in [2.45, 2.75) is 41.5 Å². The van der Waals surface area contributed by atoms with Gasteiger partial charge in [-0.1, -0.05) is 59.7 Å². The third kappa shape index (κ3) is 2.77. The summed E-state index contributed by atoms with van der Waals surface area (Å²) in [6, 6.07) is 22.6. The van der Waals surface area contributed by atoms with Crippen molar-refractivity contribution in [3.8, 4) is 33.9 Å². The van der Waals surface area contributed by atoms with Gasteiger partial charge in [-0.2, -0.15) is 9.13 Å². The van der Waals surface area contributed by atoms with Crippen LogP contribution in [0, 0.1) is 41.5 Å². The van der Waals surface area contributed by atoms with Crippen LogP contribution in [0.2, 0.25) is 0 Å². The summed E-state index contributed by atoms with van der Waals surface area (Å²) in [5.41, 5.74) is 15.6. The SMILES string of the molecule is Cc1cc(C)c(-n2c[n+](-c3c(C)cc(C)cc3C)c3c2-c2cccc4cccc-3c24)c(C)c1. The molecule has 0 radical (unpaired) electrons. The maximum atomic E-state index is 2.44. The number of imidazole rings is 1. The van der Waals surface area contributed by atoms with E-state index in [2.05, 4.69) is 118 Å². The first-order valence-corrected chi connectivity index (χ1v) is 11.7. The molecule has 1 heterocycles. The van der Waals surface area contributed by atoms with E-state index in [1.54, 1.807) is 0 Å². The van der Waals surface area contributed by atoms with E-state index in [1.807, 2.05) is 0 Å². The summed E-state index contributed by atoms with van der Waals surface area (Å²) in [5.74, 6) is 0. The summed E-state index contributed by atoms with van der Waals surface area (Å²) in [6.45, 7) is 13.3. The molecule has 0 amide bonds. The second kappa shape index (κ2) is 6.92. The predicted molar refractivity (Wildman–Crippen MR) is 138 cm³/mol. The summed E-state index contributed by atoms with van der Waals surface area (Å²) in [7, 11) is 0. The van der Waals surface area contributed by atoms with E-state index in [-0.39, 0.29) is 0 Å². The first-order valence-electron chi connectivity index (χ1n) is 11.7. The maximum absolute atomic E-state index is 2.44. The quantitative estimate of drug-likeness (QED) is 0.254. The number of benzene rings is 4. The molecule has 0 N–H and O–H groups in total. The lowest BCUT2D eigenvalue weighted by atomic mass is 10.0. The Hall–Kier alpha value is -3.65. The highest BCUT2D eigenvalue weighted by molar-refractivity contribution is 6.13. The zero-order valence-corrected chi connectivity index (χ0v) is 20.2. The van der Waals surface area contributed by atoms with Crippen molar-refractivity contribution in [2.24, 2.45) is 0 Å². The fourth-order valence-corrected chi connectivity index (χ4v) is 6.15. The molecule has 5 aromatic rings. The lowest BCUT2D eigenvalue weighted by Crippen LogP contribution is -2.33. The molecule has 1 aromatic heterocycles. The van der Waals surface area contributed by atoms with Crippen LogP contribution in [0.15, 0.2) is 67.0 Å². The molecule has 0 aliphatic heterocycles. The zero-order valence-electron chi connectivity index (χ0n) is 20.2. The highest BCUT2D eigenvalue weighted by Gasteiger charge is 2.37. The number of hydrogen-bond acceptors (Lipinski definition) is 0. The molecule has 162 valence electrons. The highest BCUT2D eigenvalue weighted by atomic mass is 15.2. The second-order valence-corrected chi connectivity index (χ2v) is 9.76. The van der Waals surface area contributed by atoms with Gasteiger partial charge in [0.15, 0.2) is 11.4 Å². The monoisotopic (exact) mass is 429 g/mol. The van der Waals surface area contributed by atoms with Gasteiger partial charge >= 0.3 is 0 Å². The van der Waals surface area contributed by atoms with Crippen LogP contribution in [0.3, 0.4) is 0 Å². The van der Waals surface area contributed by atoms with Crippen molar-refractivity contribution in [2.75, 3.05) is 0 Å². The van der Waals surface area contributed by atoms with E-state index in [1.165, 1.54) is 78.0 Å². The third-order valence-electron chi connectivity index (χ3n) is 7.10. The number of aryl methyl sites for hydroxylation is 6. The molecule has 0 saturated carbocycles. The number of hydrogen-bond donors (Lipinski definition) is 0. The standard InChI is InChI=1S/C31H29N2/c1-18-13-20(3)28(21(4)14-18)32-17-33(29-22(5)15-19(2)16-23(29)6)31-26-12-8-10-24-9-7-11-25(27(24)26)30(31)32/h7-17H,1-6H3/q+1. The van der Waals surface area contributed by atoms with E-state index in [4.69, 9.17) is 0 Å². The van der Waals surface area contributed by atoms with Crippen LogP contribution < -0.4 is 4.57 Å². The summed E-state index contributed by atoms with van der Waals surface area (Å²) in [6.07, 6.45) is 2.31. The molecule has 0 atom stereocenters. The average molecular weight is 430 g/mol. The van der Waals surface area contributed by atoms with Gasteiger partial charge in [0.2, 0.25) is 0 Å². The lowest BCUT2D eigenvalue weighted by Gasteiger charge is -2.11. The second-order valence-electron chi connectivity index (χ2n) is 9.76. The molecule has 1 aliphatic rings. The minimum Gasteiger partial charge on any atom is -0.193 e. The van der Waals surface area contributed by atoms with Crippen molar-refractivity contribution < 1.29 is 4.57 Å².